The molecule has 17 heavy (non-hydrogen) atoms. The highest BCUT2D eigenvalue weighted by Crippen LogP contribution is 2.36. The van der Waals surface area contributed by atoms with E-state index in [0.717, 1.165) is 11.1 Å². The van der Waals surface area contributed by atoms with Gasteiger partial charge in [-0.2, -0.15) is 0 Å². The molecule has 1 aromatic rings. The first-order chi connectivity index (χ1) is 7.95. The van der Waals surface area contributed by atoms with Crippen molar-refractivity contribution < 1.29 is 14.6 Å². The predicted molar refractivity (Wildman–Crippen MR) is 68.3 cm³/mol. The zero-order chi connectivity index (χ0) is 13.1. The van der Waals surface area contributed by atoms with E-state index in [-0.39, 0.29) is 12.5 Å². The maximum atomic E-state index is 10.8. The summed E-state index contributed by atoms with van der Waals surface area (Å²) in [6.07, 6.45) is 0. The van der Waals surface area contributed by atoms with Gasteiger partial charge in [0.05, 0.1) is 13.7 Å². The molecular formula is C14H22O3. The summed E-state index contributed by atoms with van der Waals surface area (Å²) in [6.45, 7) is 6.20. The molecule has 0 aliphatic heterocycles. The number of benzene rings is 1. The first kappa shape index (κ1) is 14.0. The Morgan fingerprint density at radius 2 is 1.94 bits per heavy atom. The summed E-state index contributed by atoms with van der Waals surface area (Å²) in [5.74, 6) is 0.738. The largest absolute Gasteiger partial charge is 0.496 e. The lowest BCUT2D eigenvalue weighted by Crippen LogP contribution is -2.37. The maximum absolute atomic E-state index is 10.8. The molecule has 1 rings (SSSR count). The van der Waals surface area contributed by atoms with Crippen molar-refractivity contribution in [3.8, 4) is 5.75 Å². The molecule has 0 radical (unpaired) electrons. The van der Waals surface area contributed by atoms with Crippen molar-refractivity contribution in [3.05, 3.63) is 29.3 Å². The number of methoxy groups -OCH3 is 2. The van der Waals surface area contributed by atoms with E-state index in [4.69, 9.17) is 9.47 Å². The summed E-state index contributed by atoms with van der Waals surface area (Å²) in [5, 5.41) is 10.8. The third kappa shape index (κ3) is 2.79. The summed E-state index contributed by atoms with van der Waals surface area (Å²) in [4.78, 5) is 0. The minimum Gasteiger partial charge on any atom is -0.496 e. The third-order valence-electron chi connectivity index (χ3n) is 3.14. The van der Waals surface area contributed by atoms with Gasteiger partial charge in [0.1, 0.15) is 11.4 Å². The fourth-order valence-electron chi connectivity index (χ4n) is 1.94. The minimum absolute atomic E-state index is 0.0400. The van der Waals surface area contributed by atoms with E-state index < -0.39 is 5.60 Å². The summed E-state index contributed by atoms with van der Waals surface area (Å²) in [5.41, 5.74) is 0.861. The summed E-state index contributed by atoms with van der Waals surface area (Å²) >= 11 is 0. The van der Waals surface area contributed by atoms with Crippen LogP contribution in [-0.4, -0.2) is 25.9 Å². The number of ether oxygens (including phenoxy) is 2. The van der Waals surface area contributed by atoms with Crippen LogP contribution in [0, 0.1) is 12.8 Å². The van der Waals surface area contributed by atoms with Gasteiger partial charge >= 0.3 is 0 Å². The quantitative estimate of drug-likeness (QED) is 0.856. The van der Waals surface area contributed by atoms with Gasteiger partial charge in [-0.3, -0.25) is 0 Å². The summed E-state index contributed by atoms with van der Waals surface area (Å²) in [7, 11) is 3.21. The number of rotatable bonds is 5. The molecule has 1 unspecified atom stereocenters. The number of aryl methyl sites for hydroxylation is 1. The van der Waals surface area contributed by atoms with Gasteiger partial charge in [-0.15, -0.1) is 0 Å². The van der Waals surface area contributed by atoms with Crippen molar-refractivity contribution in [1.29, 1.82) is 0 Å². The Balaban J connectivity index is 3.31. The maximum Gasteiger partial charge on any atom is 0.125 e. The molecule has 3 heteroatoms. The first-order valence-corrected chi connectivity index (χ1v) is 5.82. The van der Waals surface area contributed by atoms with Crippen LogP contribution >= 0.6 is 0 Å². The van der Waals surface area contributed by atoms with Crippen molar-refractivity contribution in [2.75, 3.05) is 20.8 Å². The van der Waals surface area contributed by atoms with Crippen LogP contribution in [0.5, 0.6) is 5.75 Å². The molecule has 0 aliphatic carbocycles. The standard InChI is InChI=1S/C14H22O3/c1-10(2)14(15,9-16-4)12-8-11(3)6-7-13(12)17-5/h6-8,10,15H,9H2,1-5H3. The second-order valence-corrected chi connectivity index (χ2v) is 4.72. The normalized spacial score (nSPS) is 14.8. The van der Waals surface area contributed by atoms with Gasteiger partial charge in [0, 0.05) is 12.7 Å². The van der Waals surface area contributed by atoms with Crippen LogP contribution in [0.3, 0.4) is 0 Å². The van der Waals surface area contributed by atoms with Gasteiger partial charge < -0.3 is 14.6 Å². The highest BCUT2D eigenvalue weighted by Gasteiger charge is 2.35. The first-order valence-electron chi connectivity index (χ1n) is 5.82. The molecular weight excluding hydrogens is 216 g/mol. The Morgan fingerprint density at radius 3 is 2.41 bits per heavy atom. The summed E-state index contributed by atoms with van der Waals surface area (Å²) in [6, 6.07) is 5.81. The summed E-state index contributed by atoms with van der Waals surface area (Å²) < 4.78 is 10.5. The van der Waals surface area contributed by atoms with Crippen molar-refractivity contribution in [1.82, 2.24) is 0 Å². The molecule has 0 amide bonds. The van der Waals surface area contributed by atoms with E-state index in [1.54, 1.807) is 14.2 Å². The Bertz CT molecular complexity index is 374. The Morgan fingerprint density at radius 1 is 1.29 bits per heavy atom. The lowest BCUT2D eigenvalue weighted by atomic mass is 9.83. The fraction of sp³-hybridized carbons (Fsp3) is 0.571. The second-order valence-electron chi connectivity index (χ2n) is 4.72. The molecule has 0 aliphatic rings. The topological polar surface area (TPSA) is 38.7 Å². The molecule has 0 saturated carbocycles. The fourth-order valence-corrected chi connectivity index (χ4v) is 1.94. The molecule has 0 spiro atoms. The molecule has 0 fully saturated rings. The number of hydrogen-bond acceptors (Lipinski definition) is 3. The SMILES string of the molecule is COCC(O)(c1cc(C)ccc1OC)C(C)C. The zero-order valence-corrected chi connectivity index (χ0v) is 11.3. The monoisotopic (exact) mass is 238 g/mol. The number of aliphatic hydroxyl groups is 1. The van der Waals surface area contributed by atoms with E-state index in [1.165, 1.54) is 0 Å². The van der Waals surface area contributed by atoms with Crippen LogP contribution in [-0.2, 0) is 10.3 Å². The van der Waals surface area contributed by atoms with Crippen molar-refractivity contribution in [2.24, 2.45) is 5.92 Å². The Kier molecular flexibility index (Phi) is 4.54. The van der Waals surface area contributed by atoms with Gasteiger partial charge in [-0.05, 0) is 25.0 Å². The van der Waals surface area contributed by atoms with E-state index in [9.17, 15) is 5.11 Å². The molecule has 1 N–H and O–H groups in total. The molecule has 0 aromatic heterocycles. The average molecular weight is 238 g/mol. The van der Waals surface area contributed by atoms with E-state index >= 15 is 0 Å². The second kappa shape index (κ2) is 5.52. The zero-order valence-electron chi connectivity index (χ0n) is 11.3. The van der Waals surface area contributed by atoms with Crippen LogP contribution in [0.15, 0.2) is 18.2 Å². The van der Waals surface area contributed by atoms with Gasteiger partial charge in [-0.1, -0.05) is 25.5 Å². The van der Waals surface area contributed by atoms with Crippen LogP contribution in [0.25, 0.3) is 0 Å². The third-order valence-corrected chi connectivity index (χ3v) is 3.14. The van der Waals surface area contributed by atoms with E-state index in [0.29, 0.717) is 5.75 Å². The van der Waals surface area contributed by atoms with Gasteiger partial charge in [0.15, 0.2) is 0 Å². The highest BCUT2D eigenvalue weighted by molar-refractivity contribution is 5.41. The number of hydrogen-bond donors (Lipinski definition) is 1. The average Bonchev–Trinajstić information content (AvgIpc) is 2.29. The van der Waals surface area contributed by atoms with Crippen LogP contribution in [0.1, 0.15) is 25.0 Å². The highest BCUT2D eigenvalue weighted by atomic mass is 16.5. The van der Waals surface area contributed by atoms with Gasteiger partial charge in [-0.25, -0.2) is 0 Å². The van der Waals surface area contributed by atoms with Crippen molar-refractivity contribution in [2.45, 2.75) is 26.4 Å². The predicted octanol–water partition coefficient (Wildman–Crippen LogP) is 2.49. The lowest BCUT2D eigenvalue weighted by Gasteiger charge is -2.33. The molecule has 1 atom stereocenters. The molecule has 3 nitrogen and oxygen atoms in total. The molecule has 0 bridgehead atoms. The Labute approximate surface area is 103 Å². The van der Waals surface area contributed by atoms with Gasteiger partial charge in [0.25, 0.3) is 0 Å². The van der Waals surface area contributed by atoms with Crippen molar-refractivity contribution >= 4 is 0 Å². The lowest BCUT2D eigenvalue weighted by molar-refractivity contribution is -0.0713. The molecule has 96 valence electrons. The molecule has 1 aromatic carbocycles. The van der Waals surface area contributed by atoms with Crippen molar-refractivity contribution in [3.63, 3.8) is 0 Å². The minimum atomic E-state index is -1.02. The Hall–Kier alpha value is -1.06. The molecule has 0 saturated heterocycles. The van der Waals surface area contributed by atoms with E-state index in [2.05, 4.69) is 0 Å². The van der Waals surface area contributed by atoms with Gasteiger partial charge in [0.2, 0.25) is 0 Å². The van der Waals surface area contributed by atoms with Crippen LogP contribution < -0.4 is 4.74 Å². The van der Waals surface area contributed by atoms with E-state index in [1.807, 2.05) is 39.0 Å². The molecule has 0 heterocycles. The van der Waals surface area contributed by atoms with Crippen LogP contribution in [0.2, 0.25) is 0 Å². The van der Waals surface area contributed by atoms with Crippen LogP contribution in [0.4, 0.5) is 0 Å². The smallest absolute Gasteiger partial charge is 0.125 e.